The number of aliphatic hydroxyl groups excluding tert-OH is 1. The lowest BCUT2D eigenvalue weighted by Gasteiger charge is -2.11. The van der Waals surface area contributed by atoms with Gasteiger partial charge < -0.3 is 9.84 Å². The van der Waals surface area contributed by atoms with Crippen LogP contribution in [0.1, 0.15) is 44.1 Å². The minimum absolute atomic E-state index is 0.294. The zero-order valence-corrected chi connectivity index (χ0v) is 11.1. The van der Waals surface area contributed by atoms with Gasteiger partial charge in [-0.15, -0.1) is 0 Å². The number of hydrogen-bond acceptors (Lipinski definition) is 2. The van der Waals surface area contributed by atoms with Gasteiger partial charge in [0.1, 0.15) is 5.75 Å². The first-order chi connectivity index (χ1) is 8.88. The summed E-state index contributed by atoms with van der Waals surface area (Å²) in [5.41, 5.74) is 1.33. The second-order valence-electron chi connectivity index (χ2n) is 5.29. The summed E-state index contributed by atoms with van der Waals surface area (Å²) in [5, 5.41) is 8.74. The predicted octanol–water partition coefficient (Wildman–Crippen LogP) is 3.57. The SMILES string of the molecule is OCCCCc1ccc(OCC2CCCC2)cc1. The van der Waals surface area contributed by atoms with E-state index in [0.29, 0.717) is 6.61 Å². The molecule has 2 nitrogen and oxygen atoms in total. The summed E-state index contributed by atoms with van der Waals surface area (Å²) >= 11 is 0. The van der Waals surface area contributed by atoms with Crippen molar-refractivity contribution in [2.75, 3.05) is 13.2 Å². The fraction of sp³-hybridized carbons (Fsp3) is 0.625. The molecule has 1 aliphatic rings. The van der Waals surface area contributed by atoms with Crippen molar-refractivity contribution in [2.45, 2.75) is 44.9 Å². The molecule has 0 atom stereocenters. The number of benzene rings is 1. The van der Waals surface area contributed by atoms with Gasteiger partial charge in [-0.25, -0.2) is 0 Å². The summed E-state index contributed by atoms with van der Waals surface area (Å²) in [4.78, 5) is 0. The van der Waals surface area contributed by atoms with Crippen molar-refractivity contribution < 1.29 is 9.84 Å². The molecule has 0 saturated heterocycles. The molecule has 18 heavy (non-hydrogen) atoms. The van der Waals surface area contributed by atoms with Crippen molar-refractivity contribution in [3.63, 3.8) is 0 Å². The van der Waals surface area contributed by atoms with Crippen LogP contribution in [0.5, 0.6) is 5.75 Å². The second kappa shape index (κ2) is 7.42. The molecule has 1 fully saturated rings. The van der Waals surface area contributed by atoms with Gasteiger partial charge in [0, 0.05) is 6.61 Å². The van der Waals surface area contributed by atoms with E-state index in [4.69, 9.17) is 9.84 Å². The van der Waals surface area contributed by atoms with Crippen LogP contribution in [0.3, 0.4) is 0 Å². The van der Waals surface area contributed by atoms with Crippen LogP contribution in [0, 0.1) is 5.92 Å². The Morgan fingerprint density at radius 2 is 1.78 bits per heavy atom. The molecule has 1 saturated carbocycles. The molecule has 0 aromatic heterocycles. The molecule has 0 aliphatic heterocycles. The van der Waals surface area contributed by atoms with E-state index < -0.39 is 0 Å². The molecule has 1 N–H and O–H groups in total. The zero-order chi connectivity index (χ0) is 12.6. The molecule has 0 amide bonds. The number of ether oxygens (including phenoxy) is 1. The van der Waals surface area contributed by atoms with Crippen LogP contribution in [0.2, 0.25) is 0 Å². The molecule has 100 valence electrons. The van der Waals surface area contributed by atoms with Crippen LogP contribution in [0.25, 0.3) is 0 Å². The summed E-state index contributed by atoms with van der Waals surface area (Å²) in [6.45, 7) is 1.17. The molecule has 0 heterocycles. The third kappa shape index (κ3) is 4.34. The van der Waals surface area contributed by atoms with Crippen molar-refractivity contribution >= 4 is 0 Å². The summed E-state index contributed by atoms with van der Waals surface area (Å²) < 4.78 is 5.83. The summed E-state index contributed by atoms with van der Waals surface area (Å²) in [7, 11) is 0. The van der Waals surface area contributed by atoms with E-state index in [1.807, 2.05) is 0 Å². The lowest BCUT2D eigenvalue weighted by Crippen LogP contribution is -2.07. The maximum Gasteiger partial charge on any atom is 0.119 e. The van der Waals surface area contributed by atoms with Gasteiger partial charge in [0.05, 0.1) is 6.61 Å². The fourth-order valence-electron chi connectivity index (χ4n) is 2.58. The lowest BCUT2D eigenvalue weighted by atomic mass is 10.1. The molecular formula is C16H24O2. The molecule has 0 bridgehead atoms. The lowest BCUT2D eigenvalue weighted by molar-refractivity contribution is 0.252. The molecule has 0 spiro atoms. The monoisotopic (exact) mass is 248 g/mol. The van der Waals surface area contributed by atoms with E-state index in [2.05, 4.69) is 24.3 Å². The first-order valence-corrected chi connectivity index (χ1v) is 7.21. The molecular weight excluding hydrogens is 224 g/mol. The number of unbranched alkanes of at least 4 members (excludes halogenated alkanes) is 1. The van der Waals surface area contributed by atoms with E-state index in [0.717, 1.165) is 37.5 Å². The Hall–Kier alpha value is -1.02. The van der Waals surface area contributed by atoms with Gasteiger partial charge >= 0.3 is 0 Å². The normalized spacial score (nSPS) is 16.1. The number of hydrogen-bond donors (Lipinski definition) is 1. The van der Waals surface area contributed by atoms with Crippen molar-refractivity contribution in [1.29, 1.82) is 0 Å². The van der Waals surface area contributed by atoms with Gasteiger partial charge in [0.15, 0.2) is 0 Å². The highest BCUT2D eigenvalue weighted by atomic mass is 16.5. The van der Waals surface area contributed by atoms with Crippen LogP contribution in [-0.4, -0.2) is 18.3 Å². The third-order valence-corrected chi connectivity index (χ3v) is 3.76. The van der Waals surface area contributed by atoms with Crippen molar-refractivity contribution in [3.05, 3.63) is 29.8 Å². The Bertz CT molecular complexity index is 325. The van der Waals surface area contributed by atoms with Crippen LogP contribution in [0.15, 0.2) is 24.3 Å². The van der Waals surface area contributed by atoms with Gasteiger partial charge in [-0.3, -0.25) is 0 Å². The standard InChI is InChI=1S/C16H24O2/c17-12-4-3-5-14-8-10-16(11-9-14)18-13-15-6-1-2-7-15/h8-11,15,17H,1-7,12-13H2. The fourth-order valence-corrected chi connectivity index (χ4v) is 2.58. The van der Waals surface area contributed by atoms with Gasteiger partial charge in [0.25, 0.3) is 0 Å². The topological polar surface area (TPSA) is 29.5 Å². The minimum Gasteiger partial charge on any atom is -0.493 e. The first-order valence-electron chi connectivity index (χ1n) is 7.21. The highest BCUT2D eigenvalue weighted by Gasteiger charge is 2.15. The van der Waals surface area contributed by atoms with E-state index in [1.54, 1.807) is 0 Å². The van der Waals surface area contributed by atoms with E-state index in [-0.39, 0.29) is 0 Å². The molecule has 2 heteroatoms. The molecule has 2 rings (SSSR count). The Labute approximate surface area is 110 Å². The summed E-state index contributed by atoms with van der Waals surface area (Å²) in [6.07, 6.45) is 8.40. The highest BCUT2D eigenvalue weighted by molar-refractivity contribution is 5.27. The number of rotatable bonds is 7. The number of aliphatic hydroxyl groups is 1. The quantitative estimate of drug-likeness (QED) is 0.747. The number of aryl methyl sites for hydroxylation is 1. The average Bonchev–Trinajstić information content (AvgIpc) is 2.91. The molecule has 1 aromatic carbocycles. The maximum absolute atomic E-state index is 8.74. The Morgan fingerprint density at radius 3 is 2.44 bits per heavy atom. The van der Waals surface area contributed by atoms with Gasteiger partial charge in [0.2, 0.25) is 0 Å². The van der Waals surface area contributed by atoms with Crippen molar-refractivity contribution in [3.8, 4) is 5.75 Å². The minimum atomic E-state index is 0.294. The Morgan fingerprint density at radius 1 is 1.06 bits per heavy atom. The zero-order valence-electron chi connectivity index (χ0n) is 11.1. The van der Waals surface area contributed by atoms with E-state index >= 15 is 0 Å². The van der Waals surface area contributed by atoms with Crippen LogP contribution < -0.4 is 4.74 Å². The van der Waals surface area contributed by atoms with Gasteiger partial charge in [-0.1, -0.05) is 25.0 Å². The molecule has 1 aromatic rings. The predicted molar refractivity (Wildman–Crippen MR) is 73.9 cm³/mol. The Balaban J connectivity index is 1.72. The van der Waals surface area contributed by atoms with Gasteiger partial charge in [-0.05, 0) is 55.7 Å². The van der Waals surface area contributed by atoms with Crippen LogP contribution >= 0.6 is 0 Å². The summed E-state index contributed by atoms with van der Waals surface area (Å²) in [6, 6.07) is 8.43. The van der Waals surface area contributed by atoms with Crippen molar-refractivity contribution in [1.82, 2.24) is 0 Å². The van der Waals surface area contributed by atoms with Crippen LogP contribution in [0.4, 0.5) is 0 Å². The van der Waals surface area contributed by atoms with Crippen LogP contribution in [-0.2, 0) is 6.42 Å². The largest absolute Gasteiger partial charge is 0.493 e. The maximum atomic E-state index is 8.74. The highest BCUT2D eigenvalue weighted by Crippen LogP contribution is 2.25. The molecule has 0 radical (unpaired) electrons. The van der Waals surface area contributed by atoms with Crippen molar-refractivity contribution in [2.24, 2.45) is 5.92 Å². The third-order valence-electron chi connectivity index (χ3n) is 3.76. The van der Waals surface area contributed by atoms with Gasteiger partial charge in [-0.2, -0.15) is 0 Å². The first kappa shape index (κ1) is 13.4. The average molecular weight is 248 g/mol. The van der Waals surface area contributed by atoms with E-state index in [9.17, 15) is 0 Å². The molecule has 1 aliphatic carbocycles. The second-order valence-corrected chi connectivity index (χ2v) is 5.29. The molecule has 0 unspecified atom stereocenters. The smallest absolute Gasteiger partial charge is 0.119 e. The van der Waals surface area contributed by atoms with E-state index in [1.165, 1.54) is 31.2 Å². The Kier molecular flexibility index (Phi) is 5.53. The summed E-state index contributed by atoms with van der Waals surface area (Å²) in [5.74, 6) is 1.77.